The van der Waals surface area contributed by atoms with Gasteiger partial charge in [-0.15, -0.1) is 0 Å². The zero-order valence-electron chi connectivity index (χ0n) is 15.5. The van der Waals surface area contributed by atoms with E-state index in [4.69, 9.17) is 4.74 Å². The van der Waals surface area contributed by atoms with Crippen LogP contribution in [0.4, 0.5) is 21.7 Å². The smallest absolute Gasteiger partial charge is 0.205 e. The van der Waals surface area contributed by atoms with Crippen LogP contribution in [0.5, 0.6) is 5.75 Å². The van der Waals surface area contributed by atoms with E-state index in [1.165, 1.54) is 18.5 Å². The molecule has 1 saturated heterocycles. The van der Waals surface area contributed by atoms with Gasteiger partial charge in [0.2, 0.25) is 5.75 Å². The number of fused-ring (bicyclic) bond motifs is 1. The van der Waals surface area contributed by atoms with Crippen LogP contribution in [0.2, 0.25) is 0 Å². The molecule has 1 fully saturated rings. The van der Waals surface area contributed by atoms with Crippen molar-refractivity contribution < 1.29 is 17.5 Å². The molecule has 0 saturated carbocycles. The summed E-state index contributed by atoms with van der Waals surface area (Å²) < 4.78 is 43.4. The van der Waals surface area contributed by atoms with Gasteiger partial charge < -0.3 is 20.3 Å². The van der Waals surface area contributed by atoms with E-state index in [-0.39, 0.29) is 10.6 Å². The first-order valence-electron chi connectivity index (χ1n) is 9.15. The minimum absolute atomic E-state index is 0.0754. The van der Waals surface area contributed by atoms with Gasteiger partial charge in [-0.1, -0.05) is 0 Å². The third kappa shape index (κ3) is 3.74. The maximum atomic E-state index is 14.4. The lowest BCUT2D eigenvalue weighted by atomic mass is 10.0. The van der Waals surface area contributed by atoms with Crippen molar-refractivity contribution >= 4 is 27.2 Å². The van der Waals surface area contributed by atoms with E-state index in [1.807, 2.05) is 0 Å². The number of ether oxygens (including phenoxy) is 1. The molecule has 8 nitrogen and oxygen atoms in total. The Balaban J connectivity index is 1.63. The number of sulfone groups is 1. The van der Waals surface area contributed by atoms with Crippen LogP contribution in [0.25, 0.3) is 0 Å². The molecule has 150 valence electrons. The van der Waals surface area contributed by atoms with Crippen LogP contribution in [0, 0.1) is 5.82 Å². The number of hydrogen-bond acceptors (Lipinski definition) is 8. The number of hydrogen-bond donors (Lipinski definition) is 2. The van der Waals surface area contributed by atoms with E-state index in [9.17, 15) is 12.8 Å². The van der Waals surface area contributed by atoms with E-state index in [0.29, 0.717) is 30.0 Å². The Labute approximate surface area is 163 Å². The molecule has 0 aliphatic carbocycles. The van der Waals surface area contributed by atoms with Gasteiger partial charge in [0.15, 0.2) is 21.5 Å². The minimum atomic E-state index is -3.48. The fraction of sp³-hybridized carbons (Fsp3) is 0.444. The topological polar surface area (TPSA) is 96.5 Å². The number of rotatable bonds is 4. The molecule has 0 atom stereocenters. The molecule has 10 heteroatoms. The first-order valence-corrected chi connectivity index (χ1v) is 11.0. The van der Waals surface area contributed by atoms with Crippen LogP contribution >= 0.6 is 0 Å². The van der Waals surface area contributed by atoms with Crippen LogP contribution < -0.4 is 20.3 Å². The average molecular weight is 407 g/mol. The van der Waals surface area contributed by atoms with Gasteiger partial charge in [0, 0.05) is 12.3 Å². The molecule has 2 aliphatic rings. The van der Waals surface area contributed by atoms with Crippen molar-refractivity contribution in [3.63, 3.8) is 0 Å². The molecule has 3 heterocycles. The summed E-state index contributed by atoms with van der Waals surface area (Å²) in [5.41, 5.74) is 0.121. The SMILES string of the molecule is CS(=O)(=O)c1ccc(Nc2ncnc3c2OCCN3C2CCNCC2)c(F)c1. The van der Waals surface area contributed by atoms with Crippen LogP contribution in [0.3, 0.4) is 0 Å². The Kier molecular flexibility index (Phi) is 5.07. The third-order valence-electron chi connectivity index (χ3n) is 5.01. The summed E-state index contributed by atoms with van der Waals surface area (Å²) in [4.78, 5) is 10.8. The molecule has 1 aromatic heterocycles. The summed E-state index contributed by atoms with van der Waals surface area (Å²) in [6, 6.07) is 4.11. The molecule has 0 unspecified atom stereocenters. The van der Waals surface area contributed by atoms with Crippen LogP contribution in [-0.4, -0.2) is 56.9 Å². The van der Waals surface area contributed by atoms with Gasteiger partial charge in [-0.05, 0) is 44.1 Å². The molecule has 2 aliphatic heterocycles. The molecule has 2 aromatic rings. The quantitative estimate of drug-likeness (QED) is 0.791. The third-order valence-corrected chi connectivity index (χ3v) is 6.12. The summed E-state index contributed by atoms with van der Waals surface area (Å²) in [6.45, 7) is 3.16. The fourth-order valence-electron chi connectivity index (χ4n) is 3.57. The number of nitrogens with zero attached hydrogens (tertiary/aromatic N) is 3. The van der Waals surface area contributed by atoms with Crippen molar-refractivity contribution in [3.05, 3.63) is 30.3 Å². The lowest BCUT2D eigenvalue weighted by Crippen LogP contribution is -2.47. The van der Waals surface area contributed by atoms with Crippen LogP contribution in [-0.2, 0) is 9.84 Å². The van der Waals surface area contributed by atoms with Gasteiger partial charge in [0.25, 0.3) is 0 Å². The molecule has 0 amide bonds. The Morgan fingerprint density at radius 1 is 1.29 bits per heavy atom. The lowest BCUT2D eigenvalue weighted by molar-refractivity contribution is 0.288. The number of anilines is 3. The molecule has 4 rings (SSSR count). The first kappa shape index (κ1) is 18.9. The van der Waals surface area contributed by atoms with Gasteiger partial charge in [0.1, 0.15) is 18.8 Å². The van der Waals surface area contributed by atoms with Gasteiger partial charge >= 0.3 is 0 Å². The largest absolute Gasteiger partial charge is 0.485 e. The average Bonchev–Trinajstić information content (AvgIpc) is 2.69. The molecule has 2 N–H and O–H groups in total. The summed E-state index contributed by atoms with van der Waals surface area (Å²) >= 11 is 0. The Morgan fingerprint density at radius 3 is 2.79 bits per heavy atom. The van der Waals surface area contributed by atoms with E-state index in [0.717, 1.165) is 44.8 Å². The van der Waals surface area contributed by atoms with Gasteiger partial charge in [-0.3, -0.25) is 0 Å². The first-order chi connectivity index (χ1) is 13.4. The van der Waals surface area contributed by atoms with Gasteiger partial charge in [0.05, 0.1) is 17.1 Å². The van der Waals surface area contributed by atoms with Crippen molar-refractivity contribution in [1.29, 1.82) is 0 Å². The summed E-state index contributed by atoms with van der Waals surface area (Å²) in [6.07, 6.45) is 4.51. The standard InChI is InChI=1S/C18H22FN5O3S/c1-28(25,26)13-2-3-15(14(19)10-13)23-17-16-18(22-11-21-17)24(8-9-27-16)12-4-6-20-7-5-12/h2-3,10-12,20H,4-9H2,1H3,(H,21,22,23). The summed E-state index contributed by atoms with van der Waals surface area (Å²) in [7, 11) is -3.48. The highest BCUT2D eigenvalue weighted by molar-refractivity contribution is 7.90. The van der Waals surface area contributed by atoms with Gasteiger partial charge in [-0.2, -0.15) is 0 Å². The Morgan fingerprint density at radius 2 is 2.07 bits per heavy atom. The number of nitrogens with one attached hydrogen (secondary N) is 2. The number of piperidine rings is 1. The second-order valence-corrected chi connectivity index (χ2v) is 8.95. The highest BCUT2D eigenvalue weighted by Crippen LogP contribution is 2.38. The highest BCUT2D eigenvalue weighted by atomic mass is 32.2. The second kappa shape index (κ2) is 7.51. The van der Waals surface area contributed by atoms with Crippen molar-refractivity contribution in [1.82, 2.24) is 15.3 Å². The van der Waals surface area contributed by atoms with E-state index in [2.05, 4.69) is 25.5 Å². The van der Waals surface area contributed by atoms with Crippen molar-refractivity contribution in [2.75, 3.05) is 42.7 Å². The van der Waals surface area contributed by atoms with Crippen molar-refractivity contribution in [3.8, 4) is 5.75 Å². The lowest BCUT2D eigenvalue weighted by Gasteiger charge is -2.38. The monoisotopic (exact) mass is 407 g/mol. The summed E-state index contributed by atoms with van der Waals surface area (Å²) in [5, 5.41) is 6.27. The second-order valence-electron chi connectivity index (χ2n) is 6.94. The van der Waals surface area contributed by atoms with Crippen molar-refractivity contribution in [2.45, 2.75) is 23.8 Å². The normalized spacial score (nSPS) is 17.7. The maximum Gasteiger partial charge on any atom is 0.205 e. The zero-order chi connectivity index (χ0) is 19.7. The molecule has 0 spiro atoms. The minimum Gasteiger partial charge on any atom is -0.485 e. The number of halogens is 1. The molecule has 0 radical (unpaired) electrons. The Hall–Kier alpha value is -2.46. The molecular weight excluding hydrogens is 385 g/mol. The number of benzene rings is 1. The molecule has 1 aromatic carbocycles. The van der Waals surface area contributed by atoms with Crippen molar-refractivity contribution in [2.24, 2.45) is 0 Å². The highest BCUT2D eigenvalue weighted by Gasteiger charge is 2.30. The van der Waals surface area contributed by atoms with E-state index >= 15 is 0 Å². The maximum absolute atomic E-state index is 14.4. The molecule has 28 heavy (non-hydrogen) atoms. The predicted octanol–water partition coefficient (Wildman–Crippen LogP) is 1.71. The predicted molar refractivity (Wildman–Crippen MR) is 104 cm³/mol. The molecule has 0 bridgehead atoms. The van der Waals surface area contributed by atoms with Gasteiger partial charge in [-0.25, -0.2) is 22.8 Å². The fourth-order valence-corrected chi connectivity index (χ4v) is 4.20. The molecular formula is C18H22FN5O3S. The van der Waals surface area contributed by atoms with Crippen LogP contribution in [0.1, 0.15) is 12.8 Å². The van der Waals surface area contributed by atoms with Crippen LogP contribution in [0.15, 0.2) is 29.4 Å². The van der Waals surface area contributed by atoms with E-state index in [1.54, 1.807) is 0 Å². The summed E-state index contributed by atoms with van der Waals surface area (Å²) in [5.74, 6) is 0.860. The van der Waals surface area contributed by atoms with E-state index < -0.39 is 15.7 Å². The zero-order valence-corrected chi connectivity index (χ0v) is 16.3. The number of aromatic nitrogens is 2. The Bertz CT molecular complexity index is 979.